The second kappa shape index (κ2) is 8.28. The quantitative estimate of drug-likeness (QED) is 0.328. The van der Waals surface area contributed by atoms with E-state index in [-0.39, 0.29) is 5.43 Å². The molecular formula is C26H19ClN4OS. The molecule has 0 spiro atoms. The van der Waals surface area contributed by atoms with Gasteiger partial charge in [-0.05, 0) is 31.0 Å². The summed E-state index contributed by atoms with van der Waals surface area (Å²) in [4.78, 5) is 30.6. The molecule has 5 nitrogen and oxygen atoms in total. The SMILES string of the molecule is O=c1c(CSC2CC2)c[nH]c2nc(-c3ccccc3)c(-c3cc(Cl)c4ncccc4c3)nc12. The number of nitrogens with zero attached hydrogens (tertiary/aromatic N) is 3. The number of aromatic nitrogens is 4. The monoisotopic (exact) mass is 470 g/mol. The summed E-state index contributed by atoms with van der Waals surface area (Å²) < 4.78 is 0. The first-order valence-electron chi connectivity index (χ1n) is 10.8. The van der Waals surface area contributed by atoms with Crippen molar-refractivity contribution in [2.24, 2.45) is 0 Å². The molecule has 0 atom stereocenters. The van der Waals surface area contributed by atoms with E-state index in [1.807, 2.05) is 66.4 Å². The number of fused-ring (bicyclic) bond motifs is 2. The number of nitrogens with one attached hydrogen (secondary N) is 1. The largest absolute Gasteiger partial charge is 0.344 e. The first kappa shape index (κ1) is 20.4. The van der Waals surface area contributed by atoms with Crippen molar-refractivity contribution in [1.82, 2.24) is 19.9 Å². The third kappa shape index (κ3) is 3.90. The Morgan fingerprint density at radius 2 is 1.79 bits per heavy atom. The van der Waals surface area contributed by atoms with E-state index in [0.717, 1.165) is 27.6 Å². The number of halogens is 1. The second-order valence-electron chi connectivity index (χ2n) is 8.17. The number of aromatic amines is 1. The van der Waals surface area contributed by atoms with Gasteiger partial charge in [-0.15, -0.1) is 0 Å². The number of H-pyrrole nitrogens is 1. The van der Waals surface area contributed by atoms with Gasteiger partial charge in [0.05, 0.1) is 21.9 Å². The standard InChI is InChI=1S/C26H19ClN4OS/c27-20-12-17(11-16-7-4-10-28-21(16)20)23-22(15-5-2-1-3-6-15)31-26-24(30-23)25(32)18(13-29-26)14-33-19-8-9-19/h1-7,10-13,19H,8-9,14H2,(H,29,31,32). The van der Waals surface area contributed by atoms with Crippen molar-refractivity contribution in [3.8, 4) is 22.5 Å². The van der Waals surface area contributed by atoms with Crippen LogP contribution in [0.25, 0.3) is 44.6 Å². The second-order valence-corrected chi connectivity index (χ2v) is 9.87. The van der Waals surface area contributed by atoms with Crippen molar-refractivity contribution in [2.45, 2.75) is 23.8 Å². The molecule has 33 heavy (non-hydrogen) atoms. The highest BCUT2D eigenvalue weighted by Gasteiger charge is 2.23. The number of hydrogen-bond acceptors (Lipinski definition) is 5. The van der Waals surface area contributed by atoms with E-state index >= 15 is 0 Å². The zero-order valence-electron chi connectivity index (χ0n) is 17.6. The third-order valence-corrected chi connectivity index (χ3v) is 7.47. The number of pyridine rings is 2. The number of rotatable bonds is 5. The molecule has 5 aromatic rings. The molecule has 0 radical (unpaired) electrons. The highest BCUT2D eigenvalue weighted by atomic mass is 35.5. The number of hydrogen-bond donors (Lipinski definition) is 1. The van der Waals surface area contributed by atoms with Crippen molar-refractivity contribution in [3.63, 3.8) is 0 Å². The van der Waals surface area contributed by atoms with Gasteiger partial charge in [0.25, 0.3) is 0 Å². The van der Waals surface area contributed by atoms with Gasteiger partial charge in [0.2, 0.25) is 5.43 Å². The molecule has 0 amide bonds. The Hall–Kier alpha value is -3.22. The van der Waals surface area contributed by atoms with Crippen LogP contribution in [0, 0.1) is 0 Å². The zero-order chi connectivity index (χ0) is 22.4. The Kier molecular flexibility index (Phi) is 5.12. The molecule has 2 aromatic carbocycles. The minimum Gasteiger partial charge on any atom is -0.344 e. The lowest BCUT2D eigenvalue weighted by Gasteiger charge is -2.12. The molecule has 3 heterocycles. The topological polar surface area (TPSA) is 71.5 Å². The van der Waals surface area contributed by atoms with E-state index in [1.165, 1.54) is 12.8 Å². The molecule has 1 N–H and O–H groups in total. The van der Waals surface area contributed by atoms with E-state index in [9.17, 15) is 4.79 Å². The summed E-state index contributed by atoms with van der Waals surface area (Å²) in [7, 11) is 0. The molecule has 0 saturated heterocycles. The minimum absolute atomic E-state index is 0.0705. The average molecular weight is 471 g/mol. The Labute approximate surface area is 199 Å². The molecule has 1 aliphatic rings. The van der Waals surface area contributed by atoms with Crippen LogP contribution in [0.5, 0.6) is 0 Å². The summed E-state index contributed by atoms with van der Waals surface area (Å²) in [5.74, 6) is 0.681. The molecule has 1 fully saturated rings. The Morgan fingerprint density at radius 1 is 0.970 bits per heavy atom. The van der Waals surface area contributed by atoms with Crippen molar-refractivity contribution < 1.29 is 0 Å². The van der Waals surface area contributed by atoms with Gasteiger partial charge < -0.3 is 4.98 Å². The van der Waals surface area contributed by atoms with Gasteiger partial charge >= 0.3 is 0 Å². The molecule has 6 rings (SSSR count). The normalized spacial score (nSPS) is 13.6. The van der Waals surface area contributed by atoms with E-state index in [2.05, 4.69) is 9.97 Å². The fourth-order valence-electron chi connectivity index (χ4n) is 3.90. The van der Waals surface area contributed by atoms with Gasteiger partial charge in [-0.25, -0.2) is 9.97 Å². The Bertz CT molecular complexity index is 1560. The lowest BCUT2D eigenvalue weighted by Crippen LogP contribution is -2.13. The molecule has 0 bridgehead atoms. The summed E-state index contributed by atoms with van der Waals surface area (Å²) in [6, 6.07) is 17.5. The maximum Gasteiger partial charge on any atom is 0.213 e. The summed E-state index contributed by atoms with van der Waals surface area (Å²) >= 11 is 8.41. The van der Waals surface area contributed by atoms with Crippen molar-refractivity contribution >= 4 is 45.4 Å². The van der Waals surface area contributed by atoms with Gasteiger partial charge in [-0.1, -0.05) is 48.0 Å². The van der Waals surface area contributed by atoms with Crippen LogP contribution in [-0.2, 0) is 5.75 Å². The number of benzene rings is 2. The molecule has 1 aliphatic carbocycles. The predicted octanol–water partition coefficient (Wildman–Crippen LogP) is 6.25. The maximum absolute atomic E-state index is 13.3. The molecule has 3 aromatic heterocycles. The van der Waals surface area contributed by atoms with Gasteiger partial charge in [-0.3, -0.25) is 9.78 Å². The van der Waals surface area contributed by atoms with E-state index < -0.39 is 0 Å². The van der Waals surface area contributed by atoms with Gasteiger partial charge in [0, 0.05) is 45.5 Å². The molecule has 162 valence electrons. The molecule has 1 saturated carbocycles. The van der Waals surface area contributed by atoms with E-state index in [4.69, 9.17) is 21.6 Å². The lowest BCUT2D eigenvalue weighted by atomic mass is 10.0. The average Bonchev–Trinajstić information content (AvgIpc) is 3.68. The van der Waals surface area contributed by atoms with Crippen LogP contribution in [0.3, 0.4) is 0 Å². The first-order valence-corrected chi connectivity index (χ1v) is 12.2. The molecule has 7 heteroatoms. The highest BCUT2D eigenvalue weighted by Crippen LogP contribution is 2.36. The number of thioether (sulfide) groups is 1. The fraction of sp³-hybridized carbons (Fsp3) is 0.154. The Morgan fingerprint density at radius 3 is 2.61 bits per heavy atom. The van der Waals surface area contributed by atoms with E-state index in [1.54, 1.807) is 12.4 Å². The van der Waals surface area contributed by atoms with Crippen LogP contribution < -0.4 is 5.43 Å². The van der Waals surface area contributed by atoms with Crippen molar-refractivity contribution in [2.75, 3.05) is 0 Å². The zero-order valence-corrected chi connectivity index (χ0v) is 19.2. The highest BCUT2D eigenvalue weighted by molar-refractivity contribution is 7.99. The van der Waals surface area contributed by atoms with Crippen molar-refractivity contribution in [3.05, 3.63) is 87.8 Å². The summed E-state index contributed by atoms with van der Waals surface area (Å²) in [5, 5.41) is 2.12. The van der Waals surface area contributed by atoms with Crippen LogP contribution in [0.1, 0.15) is 18.4 Å². The predicted molar refractivity (Wildman–Crippen MR) is 136 cm³/mol. The lowest BCUT2D eigenvalue weighted by molar-refractivity contribution is 1.18. The summed E-state index contributed by atoms with van der Waals surface area (Å²) in [6.07, 6.45) is 5.97. The maximum atomic E-state index is 13.3. The van der Waals surface area contributed by atoms with Crippen LogP contribution >= 0.6 is 23.4 Å². The molecular weight excluding hydrogens is 452 g/mol. The fourth-order valence-corrected chi connectivity index (χ4v) is 5.27. The Balaban J connectivity index is 1.59. The van der Waals surface area contributed by atoms with Crippen LogP contribution in [-0.4, -0.2) is 25.2 Å². The van der Waals surface area contributed by atoms with Crippen LogP contribution in [0.2, 0.25) is 5.02 Å². The summed E-state index contributed by atoms with van der Waals surface area (Å²) in [6.45, 7) is 0. The molecule has 0 unspecified atom stereocenters. The first-order chi connectivity index (χ1) is 16.2. The molecule has 0 aliphatic heterocycles. The van der Waals surface area contributed by atoms with Crippen molar-refractivity contribution in [1.29, 1.82) is 0 Å². The smallest absolute Gasteiger partial charge is 0.213 e. The van der Waals surface area contributed by atoms with E-state index in [0.29, 0.717) is 38.6 Å². The minimum atomic E-state index is -0.0705. The van der Waals surface area contributed by atoms with Crippen LogP contribution in [0.4, 0.5) is 0 Å². The van der Waals surface area contributed by atoms with Gasteiger partial charge in [0.15, 0.2) is 11.2 Å². The third-order valence-electron chi connectivity index (χ3n) is 5.76. The van der Waals surface area contributed by atoms with Crippen LogP contribution in [0.15, 0.2) is 71.8 Å². The summed E-state index contributed by atoms with van der Waals surface area (Å²) in [5.41, 5.74) is 5.25. The van der Waals surface area contributed by atoms with Gasteiger partial charge in [-0.2, -0.15) is 11.8 Å². The van der Waals surface area contributed by atoms with Gasteiger partial charge in [0.1, 0.15) is 0 Å².